The Morgan fingerprint density at radius 3 is 1.28 bits per heavy atom. The van der Waals surface area contributed by atoms with Gasteiger partial charge in [0.25, 0.3) is 0 Å². The molecule has 0 radical (unpaired) electrons. The predicted octanol–water partition coefficient (Wildman–Crippen LogP) is 7.49. The third kappa shape index (κ3) is 11.0. The maximum absolute atomic E-state index is 13.3. The first-order chi connectivity index (χ1) is 26.8. The molecule has 4 saturated carbocycles. The van der Waals surface area contributed by atoms with Gasteiger partial charge in [-0.1, -0.05) is 31.6 Å². The molecule has 58 heavy (non-hydrogen) atoms. The summed E-state index contributed by atoms with van der Waals surface area (Å²) in [7, 11) is 0. The van der Waals surface area contributed by atoms with Gasteiger partial charge < -0.3 is 17.1 Å². The molecule has 0 saturated heterocycles. The fraction of sp³-hybridized carbons (Fsp3) is 0.588. The molecule has 312 valence electrons. The molecule has 6 rings (SSSR count). The smallest absolute Gasteiger partial charge is 0.306 e. The Bertz CT molecular complexity index is 1960. The summed E-state index contributed by atoms with van der Waals surface area (Å²) in [5.74, 6) is 12.0. The van der Waals surface area contributed by atoms with E-state index in [2.05, 4.69) is 30.6 Å². The number of halogens is 1. The summed E-state index contributed by atoms with van der Waals surface area (Å²) in [6.45, 7) is 19.5. The van der Waals surface area contributed by atoms with Crippen molar-refractivity contribution in [1.29, 1.82) is 0 Å². The molecule has 0 bridgehead atoms. The first-order valence-electron chi connectivity index (χ1n) is 21.2. The van der Waals surface area contributed by atoms with Crippen molar-refractivity contribution in [2.24, 2.45) is 22.7 Å². The lowest BCUT2D eigenvalue weighted by molar-refractivity contribution is -0.157. The van der Waals surface area contributed by atoms with Crippen LogP contribution in [0.2, 0.25) is 0 Å². The minimum Gasteiger partial charge on any atom is -1.00 e. The molecule has 6 nitrogen and oxygen atoms in total. The largest absolute Gasteiger partial charge is 1.00 e. The molecule has 0 atom stereocenters. The van der Waals surface area contributed by atoms with Crippen molar-refractivity contribution in [3.63, 3.8) is 0 Å². The molecular formula is C51H64ClO6-. The fourth-order valence-electron chi connectivity index (χ4n) is 10.5. The molecule has 0 aliphatic heterocycles. The number of carbonyl (C=O) groups is 5. The highest BCUT2D eigenvalue weighted by Gasteiger charge is 2.49. The van der Waals surface area contributed by atoms with Crippen LogP contribution in [-0.2, 0) is 28.7 Å². The predicted molar refractivity (Wildman–Crippen MR) is 226 cm³/mol. The summed E-state index contributed by atoms with van der Waals surface area (Å²) in [5, 5.41) is 0. The van der Waals surface area contributed by atoms with E-state index in [1.54, 1.807) is 6.92 Å². The Balaban J connectivity index is 0.000000259. The van der Waals surface area contributed by atoms with Gasteiger partial charge in [0.2, 0.25) is 0 Å². The van der Waals surface area contributed by atoms with Crippen LogP contribution < -0.4 is 12.4 Å². The van der Waals surface area contributed by atoms with Gasteiger partial charge in [-0.05, 0) is 181 Å². The van der Waals surface area contributed by atoms with E-state index in [1.165, 1.54) is 0 Å². The normalized spacial score (nSPS) is 27.0. The summed E-state index contributed by atoms with van der Waals surface area (Å²) in [6, 6.07) is 7.97. The van der Waals surface area contributed by atoms with Gasteiger partial charge in [-0.3, -0.25) is 24.0 Å². The summed E-state index contributed by atoms with van der Waals surface area (Å²) in [6.07, 6.45) is 10.2. The summed E-state index contributed by atoms with van der Waals surface area (Å²) in [5.41, 5.74) is 6.87. The lowest BCUT2D eigenvalue weighted by Crippen LogP contribution is -3.00. The summed E-state index contributed by atoms with van der Waals surface area (Å²) < 4.78 is 5.47. The second kappa shape index (κ2) is 18.9. The van der Waals surface area contributed by atoms with Gasteiger partial charge in [-0.15, -0.1) is 11.8 Å². The number of rotatable bonds is 4. The van der Waals surface area contributed by atoms with Crippen LogP contribution in [0, 0.1) is 74.0 Å². The molecule has 4 aliphatic carbocycles. The van der Waals surface area contributed by atoms with E-state index in [9.17, 15) is 24.0 Å². The van der Waals surface area contributed by atoms with Crippen LogP contribution in [0.15, 0.2) is 24.3 Å². The lowest BCUT2D eigenvalue weighted by Gasteiger charge is -2.43. The van der Waals surface area contributed by atoms with Crippen molar-refractivity contribution in [1.82, 2.24) is 0 Å². The van der Waals surface area contributed by atoms with E-state index in [1.807, 2.05) is 79.7 Å². The van der Waals surface area contributed by atoms with Crippen molar-refractivity contribution in [2.75, 3.05) is 0 Å². The minimum atomic E-state index is -0.649. The quantitative estimate of drug-likeness (QED) is 0.181. The minimum absolute atomic E-state index is 0. The third-order valence-corrected chi connectivity index (χ3v) is 13.2. The van der Waals surface area contributed by atoms with Gasteiger partial charge >= 0.3 is 5.97 Å². The SMILES string of the molecule is CC#Cc1cc(C)c(C2C(=O)CC3(CCC(C)CC3)CC2=O)c(C)c1.CC#Cc1cc(C)c(C2C(=O)CC3(CCC(CC(=O)OC(C)(C)C)CC3)CC2=O)c(C)c1.[Cl-]. The number of Topliss-reactive ketones (excluding diaryl/α,β-unsaturated/α-hetero) is 4. The average Bonchev–Trinajstić information content (AvgIpc) is 3.09. The van der Waals surface area contributed by atoms with E-state index >= 15 is 0 Å². The summed E-state index contributed by atoms with van der Waals surface area (Å²) >= 11 is 0. The van der Waals surface area contributed by atoms with Crippen molar-refractivity contribution in [3.8, 4) is 23.7 Å². The van der Waals surface area contributed by atoms with Crippen molar-refractivity contribution >= 4 is 29.1 Å². The number of hydrogen-bond acceptors (Lipinski definition) is 6. The van der Waals surface area contributed by atoms with Gasteiger partial charge in [0.1, 0.15) is 40.6 Å². The summed E-state index contributed by atoms with van der Waals surface area (Å²) in [4.78, 5) is 64.8. The monoisotopic (exact) mass is 807 g/mol. The van der Waals surface area contributed by atoms with Gasteiger partial charge in [-0.2, -0.15) is 0 Å². The second-order valence-electron chi connectivity index (χ2n) is 19.2. The maximum Gasteiger partial charge on any atom is 0.306 e. The Labute approximate surface area is 354 Å². The van der Waals surface area contributed by atoms with Crippen LogP contribution in [0.25, 0.3) is 0 Å². The molecule has 2 aromatic rings. The molecule has 2 spiro atoms. The number of aryl methyl sites for hydroxylation is 4. The molecule has 0 amide bonds. The van der Waals surface area contributed by atoms with Crippen LogP contribution in [0.5, 0.6) is 0 Å². The van der Waals surface area contributed by atoms with E-state index < -0.39 is 17.4 Å². The zero-order valence-corrected chi connectivity index (χ0v) is 37.4. The molecule has 0 aromatic heterocycles. The highest BCUT2D eigenvalue weighted by Crippen LogP contribution is 2.52. The average molecular weight is 809 g/mol. The molecule has 4 aliphatic rings. The zero-order chi connectivity index (χ0) is 41.9. The van der Waals surface area contributed by atoms with Crippen LogP contribution in [0.1, 0.15) is 181 Å². The molecule has 2 aromatic carbocycles. The van der Waals surface area contributed by atoms with Crippen LogP contribution in [0.4, 0.5) is 0 Å². The highest BCUT2D eigenvalue weighted by atomic mass is 35.5. The molecular weight excluding hydrogens is 744 g/mol. The number of ether oxygens (including phenoxy) is 1. The molecule has 0 heterocycles. The maximum atomic E-state index is 13.3. The first kappa shape index (κ1) is 46.7. The lowest BCUT2D eigenvalue weighted by atomic mass is 9.59. The standard InChI is InChI=1S/C28H36O4.C23H28O2.ClH/c1-7-8-21-13-18(2)25(19(3)14-21)26-22(29)16-28(17-23(26)30)11-9-20(10-12-28)15-24(31)32-27(4,5)6;1-5-6-18-11-16(3)21(17(4)12-18)22-19(24)13-23(14-20(22)25)9-7-15(2)8-10-23;/h13-14,20,26H,9-12,15-17H2,1-6H3;11-12,15,22H,7-10,13-14H2,1-4H3;1H/p-1. The number of carbonyl (C=O) groups excluding carboxylic acids is 5. The number of ketones is 4. The van der Waals surface area contributed by atoms with Crippen LogP contribution in [-0.4, -0.2) is 34.7 Å². The Hall–Kier alpha value is -4.00. The topological polar surface area (TPSA) is 94.6 Å². The molecule has 0 unspecified atom stereocenters. The Morgan fingerprint density at radius 1 is 0.638 bits per heavy atom. The van der Waals surface area contributed by atoms with E-state index in [-0.39, 0.29) is 58.3 Å². The first-order valence-corrected chi connectivity index (χ1v) is 21.2. The van der Waals surface area contributed by atoms with Crippen LogP contribution >= 0.6 is 0 Å². The van der Waals surface area contributed by atoms with Crippen molar-refractivity contribution in [2.45, 2.75) is 170 Å². The van der Waals surface area contributed by atoms with Gasteiger partial charge in [0.15, 0.2) is 0 Å². The Morgan fingerprint density at radius 2 is 0.966 bits per heavy atom. The van der Waals surface area contributed by atoms with Crippen LogP contribution in [0.3, 0.4) is 0 Å². The van der Waals surface area contributed by atoms with Crippen molar-refractivity contribution < 1.29 is 41.1 Å². The fourth-order valence-corrected chi connectivity index (χ4v) is 10.5. The van der Waals surface area contributed by atoms with Gasteiger partial charge in [0, 0.05) is 43.2 Å². The molecule has 4 fully saturated rings. The number of hydrogen-bond donors (Lipinski definition) is 0. The van der Waals surface area contributed by atoms with Gasteiger partial charge in [-0.25, -0.2) is 0 Å². The van der Waals surface area contributed by atoms with Crippen molar-refractivity contribution in [3.05, 3.63) is 68.8 Å². The zero-order valence-electron chi connectivity index (χ0n) is 36.6. The van der Waals surface area contributed by atoms with E-state index in [0.717, 1.165) is 102 Å². The van der Waals surface area contributed by atoms with E-state index in [4.69, 9.17) is 4.74 Å². The third-order valence-electron chi connectivity index (χ3n) is 13.2. The Kier molecular flexibility index (Phi) is 15.2. The highest BCUT2D eigenvalue weighted by molar-refractivity contribution is 6.11. The molecule has 0 N–H and O–H groups in total. The molecule has 7 heteroatoms. The number of esters is 1. The second-order valence-corrected chi connectivity index (χ2v) is 19.2. The van der Waals surface area contributed by atoms with Gasteiger partial charge in [0.05, 0.1) is 0 Å². The van der Waals surface area contributed by atoms with E-state index in [0.29, 0.717) is 32.1 Å². The number of benzene rings is 2.